The van der Waals surface area contributed by atoms with Gasteiger partial charge in [-0.1, -0.05) is 12.1 Å². The molecule has 0 bridgehead atoms. The molecular weight excluding hydrogens is 365 g/mol. The van der Waals surface area contributed by atoms with Crippen molar-refractivity contribution in [1.29, 1.82) is 5.26 Å². The number of hydrogen-bond donors (Lipinski definition) is 0. The lowest BCUT2D eigenvalue weighted by Gasteiger charge is -2.27. The minimum Gasteiger partial charge on any atom is -0.358 e. The molecule has 138 valence electrons. The normalized spacial score (nSPS) is 11.9. The Balaban J connectivity index is 2.45. The molecule has 2 aromatic carbocycles. The molecule has 0 atom stereocenters. The average molecular weight is 376 g/mol. The molecule has 0 heterocycles. The molecule has 0 unspecified atom stereocenters. The molecule has 9 heteroatoms. The zero-order valence-electron chi connectivity index (χ0n) is 13.0. The van der Waals surface area contributed by atoms with E-state index in [1.54, 1.807) is 0 Å². The SMILES string of the molecule is N#Cc1ccc(N(Cc2ccc(F)cc2)CC(F)(F)F)cc1C(F)(F)F. The number of nitrogens with zero attached hydrogens (tertiary/aromatic N) is 2. The maximum absolute atomic E-state index is 13.1. The number of nitriles is 1. The van der Waals surface area contributed by atoms with E-state index >= 15 is 0 Å². The fourth-order valence-corrected chi connectivity index (χ4v) is 2.33. The summed E-state index contributed by atoms with van der Waals surface area (Å²) in [6, 6.07) is 8.29. The van der Waals surface area contributed by atoms with E-state index in [9.17, 15) is 30.7 Å². The van der Waals surface area contributed by atoms with Crippen LogP contribution in [0.1, 0.15) is 16.7 Å². The number of hydrogen-bond acceptors (Lipinski definition) is 2. The van der Waals surface area contributed by atoms with E-state index in [1.165, 1.54) is 18.2 Å². The van der Waals surface area contributed by atoms with Gasteiger partial charge in [-0.3, -0.25) is 0 Å². The van der Waals surface area contributed by atoms with Gasteiger partial charge in [-0.05, 0) is 35.9 Å². The maximum atomic E-state index is 13.1. The van der Waals surface area contributed by atoms with Gasteiger partial charge >= 0.3 is 12.4 Å². The summed E-state index contributed by atoms with van der Waals surface area (Å²) in [6.45, 7) is -1.89. The molecule has 0 aliphatic carbocycles. The van der Waals surface area contributed by atoms with E-state index in [0.29, 0.717) is 11.0 Å². The van der Waals surface area contributed by atoms with Crippen LogP contribution in [-0.4, -0.2) is 12.7 Å². The minimum atomic E-state index is -4.89. The van der Waals surface area contributed by atoms with Crippen LogP contribution in [0, 0.1) is 17.1 Å². The quantitative estimate of drug-likeness (QED) is 0.679. The van der Waals surface area contributed by atoms with Crippen molar-refractivity contribution in [2.24, 2.45) is 0 Å². The van der Waals surface area contributed by atoms with E-state index in [1.807, 2.05) is 0 Å². The van der Waals surface area contributed by atoms with Crippen molar-refractivity contribution in [3.63, 3.8) is 0 Å². The molecule has 26 heavy (non-hydrogen) atoms. The molecule has 0 aliphatic heterocycles. The Morgan fingerprint density at radius 2 is 1.54 bits per heavy atom. The van der Waals surface area contributed by atoms with Gasteiger partial charge in [0.2, 0.25) is 0 Å². The first-order valence-corrected chi connectivity index (χ1v) is 7.17. The second kappa shape index (κ2) is 7.23. The van der Waals surface area contributed by atoms with Gasteiger partial charge < -0.3 is 4.90 Å². The molecular formula is C17H11F7N2. The molecule has 0 spiro atoms. The van der Waals surface area contributed by atoms with Gasteiger partial charge in [-0.25, -0.2) is 4.39 Å². The summed E-state index contributed by atoms with van der Waals surface area (Å²) in [5, 5.41) is 8.78. The molecule has 0 aromatic heterocycles. The molecule has 0 saturated carbocycles. The fourth-order valence-electron chi connectivity index (χ4n) is 2.33. The van der Waals surface area contributed by atoms with Crippen molar-refractivity contribution in [1.82, 2.24) is 0 Å². The average Bonchev–Trinajstić information content (AvgIpc) is 2.53. The van der Waals surface area contributed by atoms with Gasteiger partial charge in [-0.2, -0.15) is 31.6 Å². The molecule has 0 fully saturated rings. The van der Waals surface area contributed by atoms with Gasteiger partial charge in [-0.15, -0.1) is 0 Å². The first-order valence-electron chi connectivity index (χ1n) is 7.17. The van der Waals surface area contributed by atoms with Crippen LogP contribution in [-0.2, 0) is 12.7 Å². The van der Waals surface area contributed by atoms with Crippen LogP contribution >= 0.6 is 0 Å². The lowest BCUT2D eigenvalue weighted by atomic mass is 10.1. The number of alkyl halides is 6. The number of halogens is 7. The van der Waals surface area contributed by atoms with Gasteiger partial charge in [0, 0.05) is 12.2 Å². The Morgan fingerprint density at radius 1 is 0.923 bits per heavy atom. The molecule has 0 radical (unpaired) electrons. The smallest absolute Gasteiger partial charge is 0.358 e. The van der Waals surface area contributed by atoms with Gasteiger partial charge in [0.05, 0.1) is 17.2 Å². The van der Waals surface area contributed by atoms with Crippen molar-refractivity contribution in [2.45, 2.75) is 18.9 Å². The number of benzene rings is 2. The number of anilines is 1. The summed E-state index contributed by atoms with van der Waals surface area (Å²) < 4.78 is 90.7. The Morgan fingerprint density at radius 3 is 2.04 bits per heavy atom. The van der Waals surface area contributed by atoms with E-state index in [0.717, 1.165) is 24.3 Å². The summed E-state index contributed by atoms with van der Waals surface area (Å²) >= 11 is 0. The second-order valence-corrected chi connectivity index (χ2v) is 5.44. The highest BCUT2D eigenvalue weighted by molar-refractivity contribution is 5.55. The Bertz CT molecular complexity index is 802. The van der Waals surface area contributed by atoms with Crippen molar-refractivity contribution in [3.8, 4) is 6.07 Å². The lowest BCUT2D eigenvalue weighted by Crippen LogP contribution is -2.34. The third-order valence-corrected chi connectivity index (χ3v) is 3.45. The predicted molar refractivity (Wildman–Crippen MR) is 79.7 cm³/mol. The van der Waals surface area contributed by atoms with Crippen LogP contribution in [0.5, 0.6) is 0 Å². The first-order chi connectivity index (χ1) is 12.0. The van der Waals surface area contributed by atoms with Crippen LogP contribution < -0.4 is 4.90 Å². The lowest BCUT2D eigenvalue weighted by molar-refractivity contribution is -0.137. The monoisotopic (exact) mass is 376 g/mol. The van der Waals surface area contributed by atoms with Crippen LogP contribution in [0.2, 0.25) is 0 Å². The van der Waals surface area contributed by atoms with Crippen LogP contribution in [0.15, 0.2) is 42.5 Å². The van der Waals surface area contributed by atoms with Crippen LogP contribution in [0.3, 0.4) is 0 Å². The van der Waals surface area contributed by atoms with Crippen LogP contribution in [0.25, 0.3) is 0 Å². The summed E-state index contributed by atoms with van der Waals surface area (Å²) in [5.74, 6) is -0.589. The highest BCUT2D eigenvalue weighted by atomic mass is 19.4. The first kappa shape index (κ1) is 19.6. The van der Waals surface area contributed by atoms with Gasteiger partial charge in [0.1, 0.15) is 12.4 Å². The Labute approximate surface area is 144 Å². The summed E-state index contributed by atoms with van der Waals surface area (Å²) in [5.41, 5.74) is -2.06. The van der Waals surface area contributed by atoms with E-state index in [-0.39, 0.29) is 17.8 Å². The van der Waals surface area contributed by atoms with Crippen LogP contribution in [0.4, 0.5) is 36.4 Å². The molecule has 0 aliphatic rings. The largest absolute Gasteiger partial charge is 0.417 e. The van der Waals surface area contributed by atoms with Gasteiger partial charge in [0.25, 0.3) is 0 Å². The highest BCUT2D eigenvalue weighted by Gasteiger charge is 2.36. The van der Waals surface area contributed by atoms with Crippen molar-refractivity contribution in [3.05, 3.63) is 65.0 Å². The third-order valence-electron chi connectivity index (χ3n) is 3.45. The zero-order chi connectivity index (χ0) is 19.5. The summed E-state index contributed by atoms with van der Waals surface area (Å²) in [6.07, 6.45) is -9.56. The molecule has 0 amide bonds. The minimum absolute atomic E-state index is 0.286. The topological polar surface area (TPSA) is 27.0 Å². The predicted octanol–water partition coefficient (Wildman–Crippen LogP) is 5.29. The molecule has 2 rings (SSSR count). The van der Waals surface area contributed by atoms with E-state index in [2.05, 4.69) is 0 Å². The van der Waals surface area contributed by atoms with E-state index < -0.39 is 35.8 Å². The van der Waals surface area contributed by atoms with E-state index in [4.69, 9.17) is 5.26 Å². The fraction of sp³-hybridized carbons (Fsp3) is 0.235. The Hall–Kier alpha value is -2.76. The second-order valence-electron chi connectivity index (χ2n) is 5.44. The molecule has 0 saturated heterocycles. The maximum Gasteiger partial charge on any atom is 0.417 e. The Kier molecular flexibility index (Phi) is 5.44. The van der Waals surface area contributed by atoms with Crippen molar-refractivity contribution >= 4 is 5.69 Å². The summed E-state index contributed by atoms with van der Waals surface area (Å²) in [7, 11) is 0. The highest BCUT2D eigenvalue weighted by Crippen LogP contribution is 2.35. The molecule has 2 nitrogen and oxygen atoms in total. The van der Waals surface area contributed by atoms with Crippen molar-refractivity contribution < 1.29 is 30.7 Å². The summed E-state index contributed by atoms with van der Waals surface area (Å²) in [4.78, 5) is 0.684. The van der Waals surface area contributed by atoms with Gasteiger partial charge in [0.15, 0.2) is 0 Å². The number of rotatable bonds is 4. The third kappa shape index (κ3) is 5.12. The standard InChI is InChI=1S/C17H11F7N2/c18-13-4-1-11(2-5-13)9-26(10-16(19,20)21)14-6-3-12(8-25)15(7-14)17(22,23)24/h1-7H,9-10H2. The molecule has 0 N–H and O–H groups in total. The molecule has 2 aromatic rings. The zero-order valence-corrected chi connectivity index (χ0v) is 13.0. The van der Waals surface area contributed by atoms with Crippen molar-refractivity contribution in [2.75, 3.05) is 11.4 Å².